The van der Waals surface area contributed by atoms with Crippen molar-refractivity contribution < 1.29 is 10.3 Å². The molecule has 0 aromatic rings. The number of aliphatic hydroxyl groups is 1. The van der Waals surface area contributed by atoms with E-state index in [9.17, 15) is 5.11 Å². The van der Waals surface area contributed by atoms with Gasteiger partial charge in [-0.3, -0.25) is 0 Å². The molecule has 0 spiro atoms. The first-order valence-electron chi connectivity index (χ1n) is 5.96. The van der Waals surface area contributed by atoms with E-state index >= 15 is 0 Å². The number of oxime groups is 1. The minimum Gasteiger partial charge on any atom is -0.409 e. The van der Waals surface area contributed by atoms with Gasteiger partial charge in [-0.25, -0.2) is 0 Å². The molecule has 0 unspecified atom stereocenters. The molecule has 0 saturated heterocycles. The lowest BCUT2D eigenvalue weighted by Crippen LogP contribution is -2.55. The van der Waals surface area contributed by atoms with Gasteiger partial charge in [0.15, 0.2) is 0 Å². The molecular formula is C11H21N3O2. The second kappa shape index (κ2) is 4.22. The fraction of sp³-hybridized carbons (Fsp3) is 0.909. The average Bonchev–Trinajstić information content (AvgIpc) is 2.97. The molecule has 5 heteroatoms. The van der Waals surface area contributed by atoms with Gasteiger partial charge in [-0.05, 0) is 37.5 Å². The first-order valence-corrected chi connectivity index (χ1v) is 5.96. The quantitative estimate of drug-likeness (QED) is 0.229. The lowest BCUT2D eigenvalue weighted by Gasteiger charge is -2.42. The maximum atomic E-state index is 9.33. The smallest absolute Gasteiger partial charge is 0.139 e. The molecule has 0 radical (unpaired) electrons. The fourth-order valence-electron chi connectivity index (χ4n) is 2.38. The summed E-state index contributed by atoms with van der Waals surface area (Å²) in [6.07, 6.45) is 6.21. The lowest BCUT2D eigenvalue weighted by atomic mass is 9.77. The summed E-state index contributed by atoms with van der Waals surface area (Å²) in [5, 5.41) is 24.4. The van der Waals surface area contributed by atoms with Crippen LogP contribution in [0.1, 0.15) is 38.5 Å². The van der Waals surface area contributed by atoms with Gasteiger partial charge in [0.1, 0.15) is 5.84 Å². The van der Waals surface area contributed by atoms with E-state index in [-0.39, 0.29) is 17.6 Å². The summed E-state index contributed by atoms with van der Waals surface area (Å²) in [6.45, 7) is 1.08. The summed E-state index contributed by atoms with van der Waals surface area (Å²) in [4.78, 5) is 0. The SMILES string of the molecule is NC(CC1(CNC2(CO)CCC2)CC1)=NO. The molecule has 0 heterocycles. The molecule has 0 atom stereocenters. The van der Waals surface area contributed by atoms with Crippen LogP contribution < -0.4 is 11.1 Å². The largest absolute Gasteiger partial charge is 0.409 e. The summed E-state index contributed by atoms with van der Waals surface area (Å²) in [5.41, 5.74) is 5.67. The third-order valence-electron chi connectivity index (χ3n) is 4.09. The van der Waals surface area contributed by atoms with Crippen LogP contribution >= 0.6 is 0 Å². The van der Waals surface area contributed by atoms with Crippen LogP contribution in [-0.4, -0.2) is 34.8 Å². The van der Waals surface area contributed by atoms with Crippen molar-refractivity contribution in [2.75, 3.05) is 13.2 Å². The maximum Gasteiger partial charge on any atom is 0.139 e. The van der Waals surface area contributed by atoms with Gasteiger partial charge in [0.25, 0.3) is 0 Å². The summed E-state index contributed by atoms with van der Waals surface area (Å²) in [7, 11) is 0. The van der Waals surface area contributed by atoms with E-state index in [4.69, 9.17) is 10.9 Å². The third-order valence-corrected chi connectivity index (χ3v) is 4.09. The molecule has 5 N–H and O–H groups in total. The van der Waals surface area contributed by atoms with E-state index in [0.717, 1.165) is 32.2 Å². The van der Waals surface area contributed by atoms with E-state index in [2.05, 4.69) is 10.5 Å². The van der Waals surface area contributed by atoms with Crippen molar-refractivity contribution in [2.24, 2.45) is 16.3 Å². The molecule has 0 amide bonds. The van der Waals surface area contributed by atoms with Gasteiger partial charge < -0.3 is 21.4 Å². The van der Waals surface area contributed by atoms with E-state index < -0.39 is 0 Å². The van der Waals surface area contributed by atoms with Gasteiger partial charge in [-0.2, -0.15) is 0 Å². The number of nitrogens with zero attached hydrogens (tertiary/aromatic N) is 1. The van der Waals surface area contributed by atoms with Gasteiger partial charge in [-0.15, -0.1) is 0 Å². The number of nitrogens with two attached hydrogens (primary N) is 1. The Hall–Kier alpha value is -0.810. The predicted molar refractivity (Wildman–Crippen MR) is 61.4 cm³/mol. The second-order valence-electron chi connectivity index (χ2n) is 5.41. The summed E-state index contributed by atoms with van der Waals surface area (Å²) < 4.78 is 0. The zero-order chi connectivity index (χ0) is 11.6. The molecule has 92 valence electrons. The molecule has 0 aromatic carbocycles. The first-order chi connectivity index (χ1) is 7.64. The van der Waals surface area contributed by atoms with Crippen LogP contribution in [0.15, 0.2) is 5.16 Å². The van der Waals surface area contributed by atoms with E-state index in [0.29, 0.717) is 12.3 Å². The maximum absolute atomic E-state index is 9.33. The Kier molecular flexibility index (Phi) is 3.08. The highest BCUT2D eigenvalue weighted by Gasteiger charge is 2.46. The standard InChI is InChI=1S/C11H21N3O2/c12-9(14-16)6-10(4-5-10)7-13-11(8-15)2-1-3-11/h13,15-16H,1-8H2,(H2,12,14). The van der Waals surface area contributed by atoms with Crippen molar-refractivity contribution >= 4 is 5.84 Å². The predicted octanol–water partition coefficient (Wildman–Crippen LogP) is 0.408. The normalized spacial score (nSPS) is 26.2. The first kappa shape index (κ1) is 11.7. The van der Waals surface area contributed by atoms with Crippen molar-refractivity contribution in [3.8, 4) is 0 Å². The number of hydrogen-bond donors (Lipinski definition) is 4. The van der Waals surface area contributed by atoms with Crippen LogP contribution in [-0.2, 0) is 0 Å². The van der Waals surface area contributed by atoms with Gasteiger partial charge >= 0.3 is 0 Å². The minimum absolute atomic E-state index is 0.0410. The van der Waals surface area contributed by atoms with Gasteiger partial charge in [0, 0.05) is 18.5 Å². The molecule has 2 rings (SSSR count). The summed E-state index contributed by atoms with van der Waals surface area (Å²) in [5.74, 6) is 0.311. The molecule has 2 aliphatic rings. The van der Waals surface area contributed by atoms with Crippen molar-refractivity contribution in [3.05, 3.63) is 0 Å². The zero-order valence-electron chi connectivity index (χ0n) is 9.58. The summed E-state index contributed by atoms with van der Waals surface area (Å²) in [6, 6.07) is 0. The van der Waals surface area contributed by atoms with Gasteiger partial charge in [-0.1, -0.05) is 5.16 Å². The average molecular weight is 227 g/mol. The van der Waals surface area contributed by atoms with Crippen LogP contribution in [0.4, 0.5) is 0 Å². The molecule has 2 fully saturated rings. The zero-order valence-corrected chi connectivity index (χ0v) is 9.58. The molecular weight excluding hydrogens is 206 g/mol. The van der Waals surface area contributed by atoms with Gasteiger partial charge in [0.2, 0.25) is 0 Å². The Morgan fingerprint density at radius 2 is 2.00 bits per heavy atom. The lowest BCUT2D eigenvalue weighted by molar-refractivity contribution is 0.0832. The van der Waals surface area contributed by atoms with E-state index in [1.807, 2.05) is 0 Å². The van der Waals surface area contributed by atoms with E-state index in [1.165, 1.54) is 6.42 Å². The van der Waals surface area contributed by atoms with Crippen LogP contribution in [0, 0.1) is 5.41 Å². The Labute approximate surface area is 95.7 Å². The van der Waals surface area contributed by atoms with Crippen molar-refractivity contribution in [1.82, 2.24) is 5.32 Å². The molecule has 16 heavy (non-hydrogen) atoms. The minimum atomic E-state index is -0.0410. The third kappa shape index (κ3) is 2.30. The van der Waals surface area contributed by atoms with Crippen LogP contribution in [0.3, 0.4) is 0 Å². The van der Waals surface area contributed by atoms with Crippen molar-refractivity contribution in [2.45, 2.75) is 44.1 Å². The van der Waals surface area contributed by atoms with E-state index in [1.54, 1.807) is 0 Å². The second-order valence-corrected chi connectivity index (χ2v) is 5.41. The Balaban J connectivity index is 1.81. The number of hydrogen-bond acceptors (Lipinski definition) is 4. The Morgan fingerprint density at radius 3 is 2.38 bits per heavy atom. The molecule has 0 bridgehead atoms. The number of nitrogens with one attached hydrogen (secondary N) is 1. The fourth-order valence-corrected chi connectivity index (χ4v) is 2.38. The Bertz CT molecular complexity index is 277. The molecule has 0 aromatic heterocycles. The molecule has 5 nitrogen and oxygen atoms in total. The number of aliphatic hydroxyl groups excluding tert-OH is 1. The highest BCUT2D eigenvalue weighted by atomic mass is 16.4. The highest BCUT2D eigenvalue weighted by Crippen LogP contribution is 2.49. The van der Waals surface area contributed by atoms with Crippen LogP contribution in [0.2, 0.25) is 0 Å². The van der Waals surface area contributed by atoms with Crippen LogP contribution in [0.25, 0.3) is 0 Å². The monoisotopic (exact) mass is 227 g/mol. The molecule has 0 aliphatic heterocycles. The highest BCUT2D eigenvalue weighted by molar-refractivity contribution is 5.80. The van der Waals surface area contributed by atoms with Crippen molar-refractivity contribution in [1.29, 1.82) is 0 Å². The van der Waals surface area contributed by atoms with Gasteiger partial charge in [0.05, 0.1) is 6.61 Å². The summed E-state index contributed by atoms with van der Waals surface area (Å²) >= 11 is 0. The van der Waals surface area contributed by atoms with Crippen molar-refractivity contribution in [3.63, 3.8) is 0 Å². The number of rotatable bonds is 6. The van der Waals surface area contributed by atoms with Crippen LogP contribution in [0.5, 0.6) is 0 Å². The Morgan fingerprint density at radius 1 is 1.31 bits per heavy atom. The number of amidine groups is 1. The molecule has 2 saturated carbocycles. The topological polar surface area (TPSA) is 90.9 Å². The molecule has 2 aliphatic carbocycles.